The van der Waals surface area contributed by atoms with E-state index < -0.39 is 43.4 Å². The molecule has 2 saturated carbocycles. The van der Waals surface area contributed by atoms with Gasteiger partial charge in [-0.05, 0) is 63.6 Å². The van der Waals surface area contributed by atoms with Gasteiger partial charge in [0, 0.05) is 18.8 Å². The number of nitrogens with one attached hydrogen (secondary N) is 1. The fraction of sp³-hybridized carbons (Fsp3) is 0.542. The maximum Gasteiger partial charge on any atom is 0.417 e. The molecule has 0 bridgehead atoms. The molecule has 0 unspecified atom stereocenters. The molecular formula is C24H29F3N4O5S. The molecule has 9 nitrogen and oxygen atoms in total. The zero-order chi connectivity index (χ0) is 27.6. The van der Waals surface area contributed by atoms with Crippen molar-refractivity contribution in [2.75, 3.05) is 0 Å². The number of nitrogens with zero attached hydrogens (tertiary/aromatic N) is 3. The van der Waals surface area contributed by atoms with E-state index in [0.717, 1.165) is 12.1 Å². The van der Waals surface area contributed by atoms with E-state index in [9.17, 15) is 26.4 Å². The quantitative estimate of drug-likeness (QED) is 0.547. The van der Waals surface area contributed by atoms with Crippen LogP contribution in [-0.2, 0) is 27.8 Å². The minimum absolute atomic E-state index is 0.0593. The van der Waals surface area contributed by atoms with Crippen LogP contribution in [0.4, 0.5) is 18.0 Å². The Hall–Kier alpha value is -3.11. The first kappa shape index (κ1) is 28.5. The van der Waals surface area contributed by atoms with Gasteiger partial charge in [0.15, 0.2) is 9.84 Å². The van der Waals surface area contributed by atoms with Crippen molar-refractivity contribution in [3.05, 3.63) is 36.2 Å². The van der Waals surface area contributed by atoms with Crippen LogP contribution in [0.5, 0.6) is 0 Å². The van der Waals surface area contributed by atoms with Crippen molar-refractivity contribution < 1.29 is 36.2 Å². The van der Waals surface area contributed by atoms with Gasteiger partial charge in [0.05, 0.1) is 40.2 Å². The highest BCUT2D eigenvalue weighted by Crippen LogP contribution is 2.40. The summed E-state index contributed by atoms with van der Waals surface area (Å²) >= 11 is 0. The van der Waals surface area contributed by atoms with Crippen molar-refractivity contribution in [1.29, 1.82) is 5.26 Å². The monoisotopic (exact) mass is 542 g/mol. The minimum atomic E-state index is -4.78. The van der Waals surface area contributed by atoms with Crippen LogP contribution >= 0.6 is 0 Å². The van der Waals surface area contributed by atoms with Gasteiger partial charge in [-0.15, -0.1) is 0 Å². The smallest absolute Gasteiger partial charge is 0.417 e. The van der Waals surface area contributed by atoms with Crippen LogP contribution in [-0.4, -0.2) is 52.4 Å². The summed E-state index contributed by atoms with van der Waals surface area (Å²) in [5.41, 5.74) is -1.11. The van der Waals surface area contributed by atoms with E-state index in [1.54, 1.807) is 13.2 Å². The summed E-state index contributed by atoms with van der Waals surface area (Å²) in [6.45, 7) is 3.70. The van der Waals surface area contributed by atoms with Crippen molar-refractivity contribution >= 4 is 15.9 Å². The van der Waals surface area contributed by atoms with Gasteiger partial charge in [-0.25, -0.2) is 13.2 Å². The lowest BCUT2D eigenvalue weighted by Crippen LogP contribution is -2.33. The largest absolute Gasteiger partial charge is 0.465 e. The van der Waals surface area contributed by atoms with Crippen LogP contribution in [0.15, 0.2) is 35.5 Å². The predicted molar refractivity (Wildman–Crippen MR) is 127 cm³/mol. The number of benzene rings is 1. The van der Waals surface area contributed by atoms with E-state index in [4.69, 9.17) is 15.1 Å². The van der Waals surface area contributed by atoms with Gasteiger partial charge in [0.2, 0.25) is 0 Å². The number of aryl methyl sites for hydroxylation is 1. The molecule has 0 saturated heterocycles. The molecule has 4 rings (SSSR count). The summed E-state index contributed by atoms with van der Waals surface area (Å²) in [6.07, 6.45) is -0.865. The highest BCUT2D eigenvalue weighted by Gasteiger charge is 2.45. The maximum atomic E-state index is 13.7. The first-order valence-corrected chi connectivity index (χ1v) is 13.2. The van der Waals surface area contributed by atoms with Crippen molar-refractivity contribution in [3.8, 4) is 17.2 Å². The molecule has 2 aromatic rings. The molecule has 0 aliphatic heterocycles. The van der Waals surface area contributed by atoms with Crippen LogP contribution in [0.1, 0.15) is 51.5 Å². The average molecular weight is 543 g/mol. The zero-order valence-electron chi connectivity index (χ0n) is 20.6. The second-order valence-corrected chi connectivity index (χ2v) is 11.7. The molecule has 2 N–H and O–H groups in total. The first-order valence-electron chi connectivity index (χ1n) is 11.7. The number of carbonyl (C=O) groups is 1. The number of hydrogen-bond donors (Lipinski definition) is 2. The molecule has 1 aromatic carbocycles. The lowest BCUT2D eigenvalue weighted by molar-refractivity contribution is -0.139. The number of hydrogen-bond acceptors (Lipinski definition) is 6. The van der Waals surface area contributed by atoms with Gasteiger partial charge >= 0.3 is 12.3 Å². The van der Waals surface area contributed by atoms with Crippen LogP contribution < -0.4 is 5.32 Å². The first-order chi connectivity index (χ1) is 17.2. The Balaban J connectivity index is 0.000000356. The molecule has 2 aliphatic rings. The van der Waals surface area contributed by atoms with Crippen LogP contribution in [0.2, 0.25) is 0 Å². The van der Waals surface area contributed by atoms with E-state index in [-0.39, 0.29) is 24.2 Å². The molecule has 37 heavy (non-hydrogen) atoms. The Morgan fingerprint density at radius 2 is 1.97 bits per heavy atom. The number of amides is 1. The molecule has 0 radical (unpaired) electrons. The SMILES string of the molecule is CC(C)O[C@@H]1CC[C@@H](S(=O)(=O)c2ccc(-c3cnn(C)c3)cc2C(F)(F)F)C1.N#CC1(NC(=O)O)CC1. The summed E-state index contributed by atoms with van der Waals surface area (Å²) < 4.78 is 74.3. The lowest BCUT2D eigenvalue weighted by atomic mass is 10.1. The van der Waals surface area contributed by atoms with E-state index in [1.807, 2.05) is 19.9 Å². The second-order valence-electron chi connectivity index (χ2n) is 9.52. The third kappa shape index (κ3) is 7.01. The van der Waals surface area contributed by atoms with E-state index >= 15 is 0 Å². The lowest BCUT2D eigenvalue weighted by Gasteiger charge is -2.19. The van der Waals surface area contributed by atoms with E-state index in [2.05, 4.69) is 10.4 Å². The molecular weight excluding hydrogens is 513 g/mol. The third-order valence-electron chi connectivity index (χ3n) is 6.18. The number of ether oxygens (including phenoxy) is 1. The Labute approximate surface area is 213 Å². The molecule has 2 atom stereocenters. The molecule has 0 spiro atoms. The van der Waals surface area contributed by atoms with Crippen molar-refractivity contribution in [2.24, 2.45) is 7.05 Å². The predicted octanol–water partition coefficient (Wildman–Crippen LogP) is 4.54. The van der Waals surface area contributed by atoms with Crippen LogP contribution in [0.3, 0.4) is 0 Å². The molecule has 1 aromatic heterocycles. The van der Waals surface area contributed by atoms with E-state index in [0.29, 0.717) is 31.2 Å². The second kappa shape index (κ2) is 10.7. The normalized spacial score (nSPS) is 20.6. The highest BCUT2D eigenvalue weighted by molar-refractivity contribution is 7.92. The summed E-state index contributed by atoms with van der Waals surface area (Å²) in [4.78, 5) is 9.29. The molecule has 1 heterocycles. The van der Waals surface area contributed by atoms with Crippen molar-refractivity contribution in [1.82, 2.24) is 15.1 Å². The number of sulfone groups is 1. The van der Waals surface area contributed by atoms with Gasteiger partial charge in [0.1, 0.15) is 5.54 Å². The van der Waals surface area contributed by atoms with Crippen molar-refractivity contribution in [3.63, 3.8) is 0 Å². The number of carboxylic acid groups (broad SMARTS) is 1. The number of nitriles is 1. The van der Waals surface area contributed by atoms with Gasteiger partial charge in [-0.2, -0.15) is 23.5 Å². The van der Waals surface area contributed by atoms with E-state index in [1.165, 1.54) is 16.9 Å². The summed E-state index contributed by atoms with van der Waals surface area (Å²) in [6, 6.07) is 5.25. The zero-order valence-corrected chi connectivity index (χ0v) is 21.4. The summed E-state index contributed by atoms with van der Waals surface area (Å²) in [7, 11) is -2.48. The molecule has 2 fully saturated rings. The molecule has 2 aliphatic carbocycles. The molecule has 1 amide bonds. The van der Waals surface area contributed by atoms with Gasteiger partial charge in [-0.3, -0.25) is 4.68 Å². The number of alkyl halides is 3. The Morgan fingerprint density at radius 3 is 2.43 bits per heavy atom. The summed E-state index contributed by atoms with van der Waals surface area (Å²) in [5, 5.41) is 21.7. The number of halogens is 3. The fourth-order valence-electron chi connectivity index (χ4n) is 4.21. The van der Waals surface area contributed by atoms with Crippen molar-refractivity contribution in [2.45, 2.75) is 80.0 Å². The molecule has 202 valence electrons. The van der Waals surface area contributed by atoms with Gasteiger partial charge in [0.25, 0.3) is 0 Å². The third-order valence-corrected chi connectivity index (χ3v) is 8.45. The molecule has 13 heteroatoms. The number of rotatable bonds is 6. The topological polar surface area (TPSA) is 134 Å². The summed E-state index contributed by atoms with van der Waals surface area (Å²) in [5.74, 6) is 0. The Kier molecular flexibility index (Phi) is 8.24. The fourth-order valence-corrected chi connectivity index (χ4v) is 6.23. The number of aromatic nitrogens is 2. The Morgan fingerprint density at radius 1 is 1.30 bits per heavy atom. The maximum absolute atomic E-state index is 13.7. The van der Waals surface area contributed by atoms with Crippen LogP contribution in [0.25, 0.3) is 11.1 Å². The average Bonchev–Trinajstić information content (AvgIpc) is 3.17. The Bertz CT molecular complexity index is 1280. The van der Waals surface area contributed by atoms with Crippen LogP contribution in [0, 0.1) is 11.3 Å². The van der Waals surface area contributed by atoms with Gasteiger partial charge < -0.3 is 15.2 Å². The highest BCUT2D eigenvalue weighted by atomic mass is 32.2. The van der Waals surface area contributed by atoms with Gasteiger partial charge in [-0.1, -0.05) is 6.07 Å². The minimum Gasteiger partial charge on any atom is -0.465 e. The standard InChI is InChI=1S/C19H23F3N2O3S.C5H6N2O2/c1-12(2)27-15-5-6-16(9-15)28(25,26)18-7-4-13(8-17(18)19(20,21)22)14-10-23-24(3)11-14;6-3-5(1-2-5)7-4(8)9/h4,7-8,10-12,15-16H,5-6,9H2,1-3H3;7H,1-2H2,(H,8,9)/t15-,16-;/m1./s1.